The highest BCUT2D eigenvalue weighted by Gasteiger charge is 2.22. The largest absolute Gasteiger partial charge is 0.396 e. The van der Waals surface area contributed by atoms with E-state index in [1.165, 1.54) is 19.4 Å². The average Bonchev–Trinajstić information content (AvgIpc) is 2.61. The minimum absolute atomic E-state index is 0.295. The van der Waals surface area contributed by atoms with Crippen LogP contribution in [0.3, 0.4) is 0 Å². The van der Waals surface area contributed by atoms with Gasteiger partial charge in [0.15, 0.2) is 0 Å². The van der Waals surface area contributed by atoms with E-state index in [0.717, 1.165) is 32.0 Å². The molecule has 2 N–H and O–H groups in total. The number of likely N-dealkylation sites (tertiary alicyclic amines) is 1. The highest BCUT2D eigenvalue weighted by molar-refractivity contribution is 4.80. The Morgan fingerprint density at radius 3 is 2.87 bits per heavy atom. The van der Waals surface area contributed by atoms with Crippen molar-refractivity contribution in [2.75, 3.05) is 26.2 Å². The van der Waals surface area contributed by atoms with Gasteiger partial charge in [0.2, 0.25) is 0 Å². The Morgan fingerprint density at radius 1 is 1.53 bits per heavy atom. The number of rotatable bonds is 7. The maximum absolute atomic E-state index is 9.02. The summed E-state index contributed by atoms with van der Waals surface area (Å²) in [5.74, 6) is 0. The number of nitrogens with zero attached hydrogens (tertiary/aromatic N) is 1. The van der Waals surface area contributed by atoms with E-state index < -0.39 is 0 Å². The molecule has 0 aromatic heterocycles. The minimum Gasteiger partial charge on any atom is -0.396 e. The summed E-state index contributed by atoms with van der Waals surface area (Å²) in [5, 5.41) is 12.5. The molecule has 0 radical (unpaired) electrons. The molecule has 0 aromatic rings. The van der Waals surface area contributed by atoms with Gasteiger partial charge in [-0.1, -0.05) is 6.92 Å². The van der Waals surface area contributed by atoms with Crippen LogP contribution < -0.4 is 5.32 Å². The van der Waals surface area contributed by atoms with Crippen LogP contribution in [-0.4, -0.2) is 48.3 Å². The SMILES string of the molecule is CCCNC(CCO)CN1CCCC1C. The predicted octanol–water partition coefficient (Wildman–Crippen LogP) is 1.22. The fourth-order valence-electron chi connectivity index (χ4n) is 2.31. The van der Waals surface area contributed by atoms with Crippen molar-refractivity contribution in [2.45, 2.75) is 51.6 Å². The Hall–Kier alpha value is -0.120. The first-order valence-electron chi connectivity index (χ1n) is 6.36. The van der Waals surface area contributed by atoms with Gasteiger partial charge in [0, 0.05) is 25.2 Å². The highest BCUT2D eigenvalue weighted by Crippen LogP contribution is 2.16. The van der Waals surface area contributed by atoms with Crippen LogP contribution in [0.1, 0.15) is 39.5 Å². The quantitative estimate of drug-likeness (QED) is 0.669. The Kier molecular flexibility index (Phi) is 6.22. The van der Waals surface area contributed by atoms with E-state index in [4.69, 9.17) is 5.11 Å². The molecule has 2 atom stereocenters. The molecule has 0 spiro atoms. The third-order valence-corrected chi connectivity index (χ3v) is 3.31. The van der Waals surface area contributed by atoms with Gasteiger partial charge in [0.25, 0.3) is 0 Å². The van der Waals surface area contributed by atoms with E-state index in [-0.39, 0.29) is 0 Å². The number of hydrogen-bond donors (Lipinski definition) is 2. The van der Waals surface area contributed by atoms with Crippen LogP contribution in [0.25, 0.3) is 0 Å². The monoisotopic (exact) mass is 214 g/mol. The minimum atomic E-state index is 0.295. The van der Waals surface area contributed by atoms with E-state index in [0.29, 0.717) is 12.6 Å². The molecule has 0 saturated carbocycles. The number of aliphatic hydroxyl groups is 1. The van der Waals surface area contributed by atoms with Crippen molar-refractivity contribution in [3.63, 3.8) is 0 Å². The molecule has 90 valence electrons. The molecule has 1 saturated heterocycles. The highest BCUT2D eigenvalue weighted by atomic mass is 16.3. The molecule has 0 bridgehead atoms. The lowest BCUT2D eigenvalue weighted by molar-refractivity contribution is 0.204. The second-order valence-electron chi connectivity index (χ2n) is 4.65. The van der Waals surface area contributed by atoms with Gasteiger partial charge in [-0.3, -0.25) is 4.90 Å². The van der Waals surface area contributed by atoms with Gasteiger partial charge in [-0.2, -0.15) is 0 Å². The molecule has 0 aliphatic carbocycles. The standard InChI is InChI=1S/C12H26N2O/c1-3-7-13-12(6-9-15)10-14-8-4-5-11(14)2/h11-13,15H,3-10H2,1-2H3. The molecule has 1 fully saturated rings. The predicted molar refractivity (Wildman–Crippen MR) is 64.1 cm³/mol. The molecule has 0 amide bonds. The van der Waals surface area contributed by atoms with Gasteiger partial charge in [0.05, 0.1) is 0 Å². The van der Waals surface area contributed by atoms with Crippen molar-refractivity contribution in [3.05, 3.63) is 0 Å². The van der Waals surface area contributed by atoms with E-state index in [1.54, 1.807) is 0 Å². The van der Waals surface area contributed by atoms with Gasteiger partial charge < -0.3 is 10.4 Å². The molecule has 1 aliphatic rings. The molecule has 1 heterocycles. The van der Waals surface area contributed by atoms with E-state index in [9.17, 15) is 0 Å². The zero-order chi connectivity index (χ0) is 11.1. The average molecular weight is 214 g/mol. The summed E-state index contributed by atoms with van der Waals surface area (Å²) in [4.78, 5) is 2.54. The first-order chi connectivity index (χ1) is 7.27. The van der Waals surface area contributed by atoms with Crippen molar-refractivity contribution in [1.82, 2.24) is 10.2 Å². The molecule has 15 heavy (non-hydrogen) atoms. The van der Waals surface area contributed by atoms with E-state index in [1.807, 2.05) is 0 Å². The normalized spacial score (nSPS) is 24.6. The molecule has 2 unspecified atom stereocenters. The van der Waals surface area contributed by atoms with Gasteiger partial charge in [-0.05, 0) is 45.7 Å². The second kappa shape index (κ2) is 7.20. The lowest BCUT2D eigenvalue weighted by atomic mass is 10.2. The summed E-state index contributed by atoms with van der Waals surface area (Å²) in [7, 11) is 0. The van der Waals surface area contributed by atoms with Crippen LogP contribution in [0.2, 0.25) is 0 Å². The fraction of sp³-hybridized carbons (Fsp3) is 1.00. The first kappa shape index (κ1) is 12.9. The van der Waals surface area contributed by atoms with Crippen LogP contribution in [-0.2, 0) is 0 Å². The van der Waals surface area contributed by atoms with Crippen molar-refractivity contribution in [1.29, 1.82) is 0 Å². The molecular formula is C12H26N2O. The summed E-state index contributed by atoms with van der Waals surface area (Å²) in [6, 6.07) is 1.20. The maximum atomic E-state index is 9.02. The maximum Gasteiger partial charge on any atom is 0.0446 e. The van der Waals surface area contributed by atoms with Crippen molar-refractivity contribution in [2.24, 2.45) is 0 Å². The van der Waals surface area contributed by atoms with Crippen LogP contribution in [0.4, 0.5) is 0 Å². The summed E-state index contributed by atoms with van der Waals surface area (Å²) in [5.41, 5.74) is 0. The van der Waals surface area contributed by atoms with Gasteiger partial charge >= 0.3 is 0 Å². The van der Waals surface area contributed by atoms with Gasteiger partial charge in [-0.25, -0.2) is 0 Å². The molecule has 1 aliphatic heterocycles. The molecule has 0 aromatic carbocycles. The molecule has 3 heteroatoms. The second-order valence-corrected chi connectivity index (χ2v) is 4.65. The zero-order valence-electron chi connectivity index (χ0n) is 10.2. The van der Waals surface area contributed by atoms with Gasteiger partial charge in [0.1, 0.15) is 0 Å². The van der Waals surface area contributed by atoms with Crippen molar-refractivity contribution < 1.29 is 5.11 Å². The van der Waals surface area contributed by atoms with Gasteiger partial charge in [-0.15, -0.1) is 0 Å². The summed E-state index contributed by atoms with van der Waals surface area (Å²) in [6.45, 7) is 8.18. The number of nitrogens with one attached hydrogen (secondary N) is 1. The van der Waals surface area contributed by atoms with Crippen LogP contribution in [0.15, 0.2) is 0 Å². The Morgan fingerprint density at radius 2 is 2.33 bits per heavy atom. The lowest BCUT2D eigenvalue weighted by Gasteiger charge is -2.27. The van der Waals surface area contributed by atoms with Crippen molar-refractivity contribution in [3.8, 4) is 0 Å². The van der Waals surface area contributed by atoms with Crippen molar-refractivity contribution >= 4 is 0 Å². The van der Waals surface area contributed by atoms with E-state index >= 15 is 0 Å². The Labute approximate surface area is 93.9 Å². The summed E-state index contributed by atoms with van der Waals surface area (Å²) < 4.78 is 0. The first-order valence-corrected chi connectivity index (χ1v) is 6.36. The topological polar surface area (TPSA) is 35.5 Å². The Bertz CT molecular complexity index is 164. The van der Waals surface area contributed by atoms with Crippen LogP contribution in [0.5, 0.6) is 0 Å². The molecular weight excluding hydrogens is 188 g/mol. The lowest BCUT2D eigenvalue weighted by Crippen LogP contribution is -2.43. The molecule has 3 nitrogen and oxygen atoms in total. The molecule has 1 rings (SSSR count). The summed E-state index contributed by atoms with van der Waals surface area (Å²) >= 11 is 0. The van der Waals surface area contributed by atoms with Crippen LogP contribution in [0, 0.1) is 0 Å². The van der Waals surface area contributed by atoms with Crippen LogP contribution >= 0.6 is 0 Å². The number of aliphatic hydroxyl groups excluding tert-OH is 1. The number of hydrogen-bond acceptors (Lipinski definition) is 3. The third-order valence-electron chi connectivity index (χ3n) is 3.31. The fourth-order valence-corrected chi connectivity index (χ4v) is 2.31. The zero-order valence-corrected chi connectivity index (χ0v) is 10.2. The van der Waals surface area contributed by atoms with E-state index in [2.05, 4.69) is 24.1 Å². The smallest absolute Gasteiger partial charge is 0.0446 e. The Balaban J connectivity index is 2.28. The summed E-state index contributed by atoms with van der Waals surface area (Å²) in [6.07, 6.45) is 4.71. The third kappa shape index (κ3) is 4.49.